The molecule has 2 aromatic carbocycles. The zero-order chi connectivity index (χ0) is 25.8. The molecule has 9 nitrogen and oxygen atoms in total. The molecule has 11 heteroatoms. The van der Waals surface area contributed by atoms with Crippen molar-refractivity contribution in [3.63, 3.8) is 0 Å². The van der Waals surface area contributed by atoms with Crippen molar-refractivity contribution in [1.29, 1.82) is 0 Å². The van der Waals surface area contributed by atoms with Gasteiger partial charge in [0.25, 0.3) is 5.91 Å². The van der Waals surface area contributed by atoms with Crippen LogP contribution in [0.5, 0.6) is 5.75 Å². The average molecular weight is 540 g/mol. The third-order valence-corrected chi connectivity index (χ3v) is 9.27. The molecule has 0 aliphatic carbocycles. The van der Waals surface area contributed by atoms with Crippen LogP contribution >= 0.6 is 11.3 Å². The second-order valence-electron chi connectivity index (χ2n) is 8.75. The van der Waals surface area contributed by atoms with Crippen molar-refractivity contribution in [3.05, 3.63) is 66.5 Å². The third-order valence-electron chi connectivity index (χ3n) is 6.31. The monoisotopic (exact) mass is 539 g/mol. The van der Waals surface area contributed by atoms with E-state index in [1.54, 1.807) is 27.9 Å². The number of aromatic nitrogens is 3. The minimum absolute atomic E-state index is 0.204. The number of ether oxygens (including phenoxy) is 1. The standard InChI is InChI=1S/C26H29N5O4S2/c1-2-35-22-8-6-9-23-24(22)28-26(36-23)31(19-18-29-15-7-14-27-29)25(32)20-10-12-21(13-11-20)37(33,34)30-16-4-3-5-17-30/h6-15H,2-5,16-19H2,1H3. The second-order valence-corrected chi connectivity index (χ2v) is 11.7. The van der Waals surface area contributed by atoms with Crippen LogP contribution in [0.1, 0.15) is 36.5 Å². The van der Waals surface area contributed by atoms with Crippen LogP contribution in [0.4, 0.5) is 5.13 Å². The van der Waals surface area contributed by atoms with Gasteiger partial charge in [-0.3, -0.25) is 14.4 Å². The fourth-order valence-electron chi connectivity index (χ4n) is 4.40. The van der Waals surface area contributed by atoms with Crippen LogP contribution in [0.25, 0.3) is 10.2 Å². The maximum atomic E-state index is 13.7. The lowest BCUT2D eigenvalue weighted by molar-refractivity contribution is 0.0985. The Morgan fingerprint density at radius 2 is 1.86 bits per heavy atom. The first-order chi connectivity index (χ1) is 18.0. The van der Waals surface area contributed by atoms with E-state index in [0.29, 0.717) is 54.7 Å². The fraction of sp³-hybridized carbons (Fsp3) is 0.346. The van der Waals surface area contributed by atoms with E-state index >= 15 is 0 Å². The summed E-state index contributed by atoms with van der Waals surface area (Å²) in [5, 5.41) is 4.79. The Morgan fingerprint density at radius 1 is 1.08 bits per heavy atom. The number of para-hydroxylation sites is 1. The number of thiazole rings is 1. The van der Waals surface area contributed by atoms with Gasteiger partial charge in [0.15, 0.2) is 5.13 Å². The highest BCUT2D eigenvalue weighted by Crippen LogP contribution is 2.35. The van der Waals surface area contributed by atoms with Gasteiger partial charge in [-0.15, -0.1) is 0 Å². The van der Waals surface area contributed by atoms with E-state index in [2.05, 4.69) is 5.10 Å². The van der Waals surface area contributed by atoms with Crippen LogP contribution in [-0.2, 0) is 16.6 Å². The number of hydrogen-bond acceptors (Lipinski definition) is 7. The predicted octanol–water partition coefficient (Wildman–Crippen LogP) is 4.41. The van der Waals surface area contributed by atoms with E-state index in [0.717, 1.165) is 24.0 Å². The molecule has 4 aromatic rings. The highest BCUT2D eigenvalue weighted by atomic mass is 32.2. The van der Waals surface area contributed by atoms with Crippen molar-refractivity contribution < 1.29 is 17.9 Å². The fourth-order valence-corrected chi connectivity index (χ4v) is 6.92. The molecule has 3 heterocycles. The summed E-state index contributed by atoms with van der Waals surface area (Å²) in [5.41, 5.74) is 1.10. The van der Waals surface area contributed by atoms with Crippen molar-refractivity contribution in [1.82, 2.24) is 19.1 Å². The third kappa shape index (κ3) is 5.39. The van der Waals surface area contributed by atoms with Gasteiger partial charge in [-0.2, -0.15) is 9.40 Å². The molecule has 0 radical (unpaired) electrons. The van der Waals surface area contributed by atoms with Gasteiger partial charge in [0.05, 0.1) is 22.7 Å². The quantitative estimate of drug-likeness (QED) is 0.313. The predicted molar refractivity (Wildman–Crippen MR) is 144 cm³/mol. The molecular formula is C26H29N5O4S2. The van der Waals surface area contributed by atoms with Gasteiger partial charge >= 0.3 is 0 Å². The first kappa shape index (κ1) is 25.4. The second kappa shape index (κ2) is 11.0. The normalized spacial score (nSPS) is 14.6. The summed E-state index contributed by atoms with van der Waals surface area (Å²) in [6, 6.07) is 13.8. The molecule has 1 aliphatic heterocycles. The maximum Gasteiger partial charge on any atom is 0.260 e. The Kier molecular flexibility index (Phi) is 7.54. The van der Waals surface area contributed by atoms with E-state index in [-0.39, 0.29) is 10.8 Å². The lowest BCUT2D eigenvalue weighted by Crippen LogP contribution is -2.36. The minimum atomic E-state index is -3.57. The summed E-state index contributed by atoms with van der Waals surface area (Å²) in [6.45, 7) is 4.32. The van der Waals surface area contributed by atoms with E-state index < -0.39 is 10.0 Å². The van der Waals surface area contributed by atoms with E-state index in [1.807, 2.05) is 37.4 Å². The number of carbonyl (C=O) groups is 1. The molecule has 1 aliphatic rings. The number of hydrogen-bond donors (Lipinski definition) is 0. The van der Waals surface area contributed by atoms with Gasteiger partial charge in [0, 0.05) is 37.6 Å². The number of benzene rings is 2. The molecule has 5 rings (SSSR count). The van der Waals surface area contributed by atoms with Gasteiger partial charge in [0.1, 0.15) is 11.3 Å². The summed E-state index contributed by atoms with van der Waals surface area (Å²) in [5.74, 6) is 0.417. The topological polar surface area (TPSA) is 97.6 Å². The van der Waals surface area contributed by atoms with Gasteiger partial charge in [-0.1, -0.05) is 23.8 Å². The summed E-state index contributed by atoms with van der Waals surface area (Å²) in [7, 11) is -3.57. The minimum Gasteiger partial charge on any atom is -0.492 e. The van der Waals surface area contributed by atoms with Crippen LogP contribution in [0, 0.1) is 0 Å². The Morgan fingerprint density at radius 3 is 2.57 bits per heavy atom. The Hall–Kier alpha value is -3.28. The molecule has 37 heavy (non-hydrogen) atoms. The smallest absolute Gasteiger partial charge is 0.260 e. The van der Waals surface area contributed by atoms with E-state index in [9.17, 15) is 13.2 Å². The molecule has 194 valence electrons. The first-order valence-corrected chi connectivity index (χ1v) is 14.6. The molecule has 0 N–H and O–H groups in total. The van der Waals surface area contributed by atoms with Crippen LogP contribution < -0.4 is 9.64 Å². The van der Waals surface area contributed by atoms with Crippen LogP contribution in [0.15, 0.2) is 65.8 Å². The summed E-state index contributed by atoms with van der Waals surface area (Å²) >= 11 is 1.41. The lowest BCUT2D eigenvalue weighted by Gasteiger charge is -2.26. The Balaban J connectivity index is 1.44. The molecular weight excluding hydrogens is 510 g/mol. The maximum absolute atomic E-state index is 13.7. The summed E-state index contributed by atoms with van der Waals surface area (Å²) in [6.07, 6.45) is 6.32. The highest BCUT2D eigenvalue weighted by Gasteiger charge is 2.27. The number of piperidine rings is 1. The first-order valence-electron chi connectivity index (χ1n) is 12.4. The molecule has 0 bridgehead atoms. The average Bonchev–Trinajstić information content (AvgIpc) is 3.60. The SMILES string of the molecule is CCOc1cccc2sc(N(CCn3cccn3)C(=O)c3ccc(S(=O)(=O)N4CCCCC4)cc3)nc12. The zero-order valence-electron chi connectivity index (χ0n) is 20.6. The molecule has 0 unspecified atom stereocenters. The number of amides is 1. The summed E-state index contributed by atoms with van der Waals surface area (Å²) < 4.78 is 36.0. The summed E-state index contributed by atoms with van der Waals surface area (Å²) in [4.78, 5) is 20.3. The molecule has 0 saturated carbocycles. The number of sulfonamides is 1. The van der Waals surface area contributed by atoms with Gasteiger partial charge in [-0.05, 0) is 62.2 Å². The number of fused-ring (bicyclic) bond motifs is 1. The Labute approximate surface area is 220 Å². The lowest BCUT2D eigenvalue weighted by atomic mass is 10.2. The van der Waals surface area contributed by atoms with Crippen molar-refractivity contribution in [2.24, 2.45) is 0 Å². The van der Waals surface area contributed by atoms with Crippen molar-refractivity contribution in [2.75, 3.05) is 31.1 Å². The molecule has 1 amide bonds. The number of anilines is 1. The number of rotatable bonds is 9. The van der Waals surface area contributed by atoms with E-state index in [4.69, 9.17) is 9.72 Å². The van der Waals surface area contributed by atoms with Crippen molar-refractivity contribution >= 4 is 42.6 Å². The van der Waals surface area contributed by atoms with Crippen LogP contribution in [0.2, 0.25) is 0 Å². The van der Waals surface area contributed by atoms with Gasteiger partial charge in [-0.25, -0.2) is 13.4 Å². The number of nitrogens with zero attached hydrogens (tertiary/aromatic N) is 5. The van der Waals surface area contributed by atoms with Crippen LogP contribution in [-0.4, -0.2) is 59.6 Å². The van der Waals surface area contributed by atoms with E-state index in [1.165, 1.54) is 27.8 Å². The molecule has 2 aromatic heterocycles. The largest absolute Gasteiger partial charge is 0.492 e. The highest BCUT2D eigenvalue weighted by molar-refractivity contribution is 7.89. The van der Waals surface area contributed by atoms with Crippen LogP contribution in [0.3, 0.4) is 0 Å². The van der Waals surface area contributed by atoms with Crippen molar-refractivity contribution in [2.45, 2.75) is 37.6 Å². The molecule has 0 atom stereocenters. The number of carbonyl (C=O) groups excluding carboxylic acids is 1. The van der Waals surface area contributed by atoms with Crippen molar-refractivity contribution in [3.8, 4) is 5.75 Å². The molecule has 0 spiro atoms. The van der Waals surface area contributed by atoms with Gasteiger partial charge < -0.3 is 4.74 Å². The Bertz CT molecular complexity index is 1460. The van der Waals surface area contributed by atoms with Gasteiger partial charge in [0.2, 0.25) is 10.0 Å². The molecule has 1 saturated heterocycles. The zero-order valence-corrected chi connectivity index (χ0v) is 22.2. The molecule has 1 fully saturated rings.